The molecule has 0 heterocycles. The first-order valence-corrected chi connectivity index (χ1v) is 6.58. The first-order chi connectivity index (χ1) is 9.02. The van der Waals surface area contributed by atoms with E-state index >= 15 is 0 Å². The molecule has 0 saturated carbocycles. The van der Waals surface area contributed by atoms with Crippen molar-refractivity contribution in [1.82, 2.24) is 5.32 Å². The van der Waals surface area contributed by atoms with E-state index in [9.17, 15) is 14.9 Å². The summed E-state index contributed by atoms with van der Waals surface area (Å²) in [7, 11) is 0. The van der Waals surface area contributed by atoms with Crippen molar-refractivity contribution in [3.8, 4) is 0 Å². The van der Waals surface area contributed by atoms with Gasteiger partial charge in [0, 0.05) is 11.6 Å². The quantitative estimate of drug-likeness (QED) is 0.676. The van der Waals surface area contributed by atoms with Crippen molar-refractivity contribution in [1.29, 1.82) is 0 Å². The summed E-state index contributed by atoms with van der Waals surface area (Å²) in [5.41, 5.74) is -0.450. The molecule has 1 amide bonds. The van der Waals surface area contributed by atoms with Gasteiger partial charge in [-0.2, -0.15) is 0 Å². The van der Waals surface area contributed by atoms with Crippen LogP contribution in [0.1, 0.15) is 51.4 Å². The molecule has 0 atom stereocenters. The average Bonchev–Trinajstić information content (AvgIpc) is 2.24. The molecular weight excluding hydrogens is 256 g/mol. The molecule has 1 rings (SSSR count). The summed E-state index contributed by atoms with van der Waals surface area (Å²) in [5, 5.41) is 13.8. The maximum absolute atomic E-state index is 12.3. The molecule has 0 unspecified atom stereocenters. The highest BCUT2D eigenvalue weighted by atomic mass is 16.6. The Hall–Kier alpha value is -1.91. The Kier molecular flexibility index (Phi) is 4.53. The molecular formula is C15H22N2O3. The topological polar surface area (TPSA) is 72.2 Å². The van der Waals surface area contributed by atoms with Crippen molar-refractivity contribution < 1.29 is 9.72 Å². The minimum Gasteiger partial charge on any atom is -0.347 e. The van der Waals surface area contributed by atoms with Crippen LogP contribution < -0.4 is 5.32 Å². The molecule has 0 radical (unpaired) electrons. The highest BCUT2D eigenvalue weighted by Gasteiger charge is 2.29. The fourth-order valence-corrected chi connectivity index (χ4v) is 2.57. The molecule has 5 heteroatoms. The van der Waals surface area contributed by atoms with Gasteiger partial charge in [0.25, 0.3) is 11.6 Å². The number of rotatable bonds is 4. The second kappa shape index (κ2) is 5.61. The number of hydrogen-bond acceptors (Lipinski definition) is 3. The van der Waals surface area contributed by atoms with Crippen LogP contribution in [-0.4, -0.2) is 16.4 Å². The van der Waals surface area contributed by atoms with Gasteiger partial charge in [-0.1, -0.05) is 32.9 Å². The van der Waals surface area contributed by atoms with Crippen molar-refractivity contribution in [2.75, 3.05) is 0 Å². The molecule has 0 aliphatic carbocycles. The summed E-state index contributed by atoms with van der Waals surface area (Å²) in [6.07, 6.45) is 0.770. The largest absolute Gasteiger partial charge is 0.347 e. The van der Waals surface area contributed by atoms with Gasteiger partial charge in [0.1, 0.15) is 5.56 Å². The predicted molar refractivity (Wildman–Crippen MR) is 78.7 cm³/mol. The van der Waals surface area contributed by atoms with E-state index < -0.39 is 16.4 Å². The van der Waals surface area contributed by atoms with Gasteiger partial charge in [0.05, 0.1) is 4.92 Å². The van der Waals surface area contributed by atoms with Gasteiger partial charge < -0.3 is 5.32 Å². The van der Waals surface area contributed by atoms with E-state index in [2.05, 4.69) is 26.1 Å². The minimum atomic E-state index is -0.536. The van der Waals surface area contributed by atoms with Crippen molar-refractivity contribution in [2.24, 2.45) is 5.41 Å². The smallest absolute Gasteiger partial charge is 0.282 e. The molecule has 0 aromatic heterocycles. The lowest BCUT2D eigenvalue weighted by Gasteiger charge is -2.33. The summed E-state index contributed by atoms with van der Waals surface area (Å²) in [6, 6.07) is 5.99. The van der Waals surface area contributed by atoms with E-state index in [4.69, 9.17) is 0 Å². The highest BCUT2D eigenvalue weighted by Crippen LogP contribution is 2.27. The third-order valence-electron chi connectivity index (χ3n) is 2.77. The van der Waals surface area contributed by atoms with Crippen LogP contribution in [0.25, 0.3) is 0 Å². The Morgan fingerprint density at radius 2 is 1.75 bits per heavy atom. The number of nitro benzene ring substituents is 1. The Balaban J connectivity index is 2.95. The molecule has 1 N–H and O–H groups in total. The van der Waals surface area contributed by atoms with Crippen LogP contribution in [0, 0.1) is 15.5 Å². The van der Waals surface area contributed by atoms with Gasteiger partial charge >= 0.3 is 0 Å². The van der Waals surface area contributed by atoms with Crippen LogP contribution in [0.5, 0.6) is 0 Å². The van der Waals surface area contributed by atoms with Crippen LogP contribution >= 0.6 is 0 Å². The average molecular weight is 278 g/mol. The number of nitro groups is 1. The number of carbonyl (C=O) groups is 1. The van der Waals surface area contributed by atoms with Gasteiger partial charge in [0.2, 0.25) is 0 Å². The zero-order valence-corrected chi connectivity index (χ0v) is 12.7. The number of carbonyl (C=O) groups excluding carboxylic acids is 1. The van der Waals surface area contributed by atoms with E-state index in [-0.39, 0.29) is 16.7 Å². The second-order valence-corrected chi connectivity index (χ2v) is 6.85. The third-order valence-corrected chi connectivity index (χ3v) is 2.77. The molecule has 0 fully saturated rings. The summed E-state index contributed by atoms with van der Waals surface area (Å²) in [6.45, 7) is 10.1. The standard InChI is InChI=1S/C15H22N2O3/c1-14(2,3)10-15(4,5)16-13(18)11-8-6-7-9-12(11)17(19)20/h6-9H,10H2,1-5H3,(H,16,18). The Morgan fingerprint density at radius 3 is 2.25 bits per heavy atom. The molecule has 0 aliphatic rings. The number of benzene rings is 1. The molecule has 0 bridgehead atoms. The molecule has 1 aromatic rings. The van der Waals surface area contributed by atoms with Gasteiger partial charge in [-0.3, -0.25) is 14.9 Å². The molecule has 0 aliphatic heterocycles. The van der Waals surface area contributed by atoms with Crippen LogP contribution in [0.3, 0.4) is 0 Å². The van der Waals surface area contributed by atoms with Crippen molar-refractivity contribution in [2.45, 2.75) is 46.6 Å². The lowest BCUT2D eigenvalue weighted by atomic mass is 9.81. The number of para-hydroxylation sites is 1. The monoisotopic (exact) mass is 278 g/mol. The van der Waals surface area contributed by atoms with Crippen molar-refractivity contribution >= 4 is 11.6 Å². The summed E-state index contributed by atoms with van der Waals surface area (Å²) in [5.74, 6) is -0.411. The van der Waals surface area contributed by atoms with Crippen LogP contribution in [-0.2, 0) is 0 Å². The van der Waals surface area contributed by atoms with Crippen molar-refractivity contribution in [3.05, 3.63) is 39.9 Å². The highest BCUT2D eigenvalue weighted by molar-refractivity contribution is 5.98. The van der Waals surface area contributed by atoms with Gasteiger partial charge in [-0.15, -0.1) is 0 Å². The summed E-state index contributed by atoms with van der Waals surface area (Å²) in [4.78, 5) is 22.7. The fraction of sp³-hybridized carbons (Fsp3) is 0.533. The Labute approximate surface area is 119 Å². The van der Waals surface area contributed by atoms with Crippen LogP contribution in [0.2, 0.25) is 0 Å². The van der Waals surface area contributed by atoms with Crippen LogP contribution in [0.15, 0.2) is 24.3 Å². The maximum Gasteiger partial charge on any atom is 0.282 e. The van der Waals surface area contributed by atoms with E-state index in [1.165, 1.54) is 12.1 Å². The zero-order valence-electron chi connectivity index (χ0n) is 12.7. The predicted octanol–water partition coefficient (Wildman–Crippen LogP) is 3.54. The fourth-order valence-electron chi connectivity index (χ4n) is 2.57. The Morgan fingerprint density at radius 1 is 1.20 bits per heavy atom. The molecule has 1 aromatic carbocycles. The number of nitrogens with one attached hydrogen (secondary N) is 1. The van der Waals surface area contributed by atoms with Gasteiger partial charge in [0.15, 0.2) is 0 Å². The van der Waals surface area contributed by atoms with E-state index in [1.807, 2.05) is 13.8 Å². The Bertz CT molecular complexity index is 516. The minimum absolute atomic E-state index is 0.0550. The lowest BCUT2D eigenvalue weighted by molar-refractivity contribution is -0.385. The molecule has 20 heavy (non-hydrogen) atoms. The zero-order chi connectivity index (χ0) is 15.6. The first kappa shape index (κ1) is 16.1. The molecule has 5 nitrogen and oxygen atoms in total. The first-order valence-electron chi connectivity index (χ1n) is 6.58. The van der Waals surface area contributed by atoms with Crippen molar-refractivity contribution in [3.63, 3.8) is 0 Å². The van der Waals surface area contributed by atoms with E-state index in [0.29, 0.717) is 0 Å². The summed E-state index contributed by atoms with van der Waals surface area (Å²) < 4.78 is 0. The van der Waals surface area contributed by atoms with Crippen LogP contribution in [0.4, 0.5) is 5.69 Å². The SMILES string of the molecule is CC(C)(C)CC(C)(C)NC(=O)c1ccccc1[N+](=O)[O-]. The number of nitrogens with zero attached hydrogens (tertiary/aromatic N) is 1. The van der Waals surface area contributed by atoms with Gasteiger partial charge in [-0.25, -0.2) is 0 Å². The molecule has 110 valence electrons. The molecule has 0 saturated heterocycles. The van der Waals surface area contributed by atoms with E-state index in [1.54, 1.807) is 12.1 Å². The number of amides is 1. The molecule has 0 spiro atoms. The lowest BCUT2D eigenvalue weighted by Crippen LogP contribution is -2.45. The maximum atomic E-state index is 12.3. The normalized spacial score (nSPS) is 12.1. The van der Waals surface area contributed by atoms with E-state index in [0.717, 1.165) is 6.42 Å². The second-order valence-electron chi connectivity index (χ2n) is 6.85. The third kappa shape index (κ3) is 4.64. The summed E-state index contributed by atoms with van der Waals surface area (Å²) >= 11 is 0. The van der Waals surface area contributed by atoms with Gasteiger partial charge in [-0.05, 0) is 31.7 Å². The number of hydrogen-bond donors (Lipinski definition) is 1.